The number of nitrogens with zero attached hydrogens (tertiary/aromatic N) is 1. The molecule has 0 spiro atoms. The molecule has 1 saturated heterocycles. The molecule has 7 heteroatoms. The largest absolute Gasteiger partial charge is 0.444 e. The van der Waals surface area contributed by atoms with Gasteiger partial charge in [-0.2, -0.15) is 0 Å². The lowest BCUT2D eigenvalue weighted by atomic mass is 10.2. The summed E-state index contributed by atoms with van der Waals surface area (Å²) in [6, 6.07) is 9.50. The third kappa shape index (κ3) is 5.54. The van der Waals surface area contributed by atoms with Gasteiger partial charge in [-0.3, -0.25) is 10.2 Å². The Morgan fingerprint density at radius 1 is 1.29 bits per heavy atom. The fourth-order valence-corrected chi connectivity index (χ4v) is 3.20. The maximum Gasteiger partial charge on any atom is 0.411 e. The van der Waals surface area contributed by atoms with Crippen LogP contribution in [-0.4, -0.2) is 39.3 Å². The second-order valence-corrected chi connectivity index (χ2v) is 8.23. The van der Waals surface area contributed by atoms with Crippen LogP contribution in [-0.2, 0) is 16.1 Å². The van der Waals surface area contributed by atoms with Gasteiger partial charge < -0.3 is 9.47 Å². The zero-order valence-electron chi connectivity index (χ0n) is 14.1. The second kappa shape index (κ2) is 8.04. The molecule has 0 radical (unpaired) electrons. The van der Waals surface area contributed by atoms with Crippen LogP contribution in [0.3, 0.4) is 0 Å². The highest BCUT2D eigenvalue weighted by atomic mass is 127. The number of alkyl carbamates (subject to hydrolysis) is 1. The first-order chi connectivity index (χ1) is 11.3. The van der Waals surface area contributed by atoms with E-state index in [2.05, 4.69) is 27.9 Å². The lowest BCUT2D eigenvalue weighted by Gasteiger charge is -2.28. The van der Waals surface area contributed by atoms with Gasteiger partial charge in [-0.05, 0) is 32.8 Å². The van der Waals surface area contributed by atoms with E-state index in [-0.39, 0.29) is 10.5 Å². The number of hydrogen-bond acceptors (Lipinski definition) is 4. The Morgan fingerprint density at radius 3 is 2.58 bits per heavy atom. The maximum atomic E-state index is 12.3. The molecule has 1 heterocycles. The van der Waals surface area contributed by atoms with E-state index in [1.165, 1.54) is 0 Å². The number of alkyl halides is 1. The highest BCUT2D eigenvalue weighted by Crippen LogP contribution is 2.24. The Balaban J connectivity index is 1.92. The van der Waals surface area contributed by atoms with Crippen molar-refractivity contribution in [3.8, 4) is 0 Å². The molecule has 0 aliphatic carbocycles. The molecule has 6 nitrogen and oxygen atoms in total. The van der Waals surface area contributed by atoms with E-state index in [4.69, 9.17) is 9.47 Å². The van der Waals surface area contributed by atoms with Crippen molar-refractivity contribution in [2.75, 3.05) is 6.54 Å². The van der Waals surface area contributed by atoms with Gasteiger partial charge in [0.15, 0.2) is 0 Å². The van der Waals surface area contributed by atoms with E-state index in [0.29, 0.717) is 6.54 Å². The van der Waals surface area contributed by atoms with Gasteiger partial charge in [-0.25, -0.2) is 9.59 Å². The molecule has 1 aromatic rings. The van der Waals surface area contributed by atoms with Crippen molar-refractivity contribution in [1.82, 2.24) is 10.2 Å². The highest BCUT2D eigenvalue weighted by Gasteiger charge is 2.38. The van der Waals surface area contributed by atoms with Crippen LogP contribution >= 0.6 is 22.6 Å². The molecular formula is C17H23IN2O4. The van der Waals surface area contributed by atoms with Crippen LogP contribution in [0.5, 0.6) is 0 Å². The fourth-order valence-electron chi connectivity index (χ4n) is 2.36. The van der Waals surface area contributed by atoms with Crippen LogP contribution in [0.15, 0.2) is 30.3 Å². The molecule has 24 heavy (non-hydrogen) atoms. The topological polar surface area (TPSA) is 67.9 Å². The summed E-state index contributed by atoms with van der Waals surface area (Å²) in [7, 11) is 0. The first-order valence-corrected chi connectivity index (χ1v) is 9.12. The van der Waals surface area contributed by atoms with Crippen molar-refractivity contribution in [2.45, 2.75) is 49.5 Å². The predicted octanol–water partition coefficient (Wildman–Crippen LogP) is 3.68. The lowest BCUT2D eigenvalue weighted by molar-refractivity contribution is 0.0431. The summed E-state index contributed by atoms with van der Waals surface area (Å²) in [6.45, 7) is 6.15. The molecule has 2 amide bonds. The molecular weight excluding hydrogens is 423 g/mol. The summed E-state index contributed by atoms with van der Waals surface area (Å²) in [6.07, 6.45) is -0.596. The lowest BCUT2D eigenvalue weighted by Crippen LogP contribution is -2.51. The number of ether oxygens (including phenoxy) is 2. The third-order valence-electron chi connectivity index (χ3n) is 3.43. The fraction of sp³-hybridized carbons (Fsp3) is 0.529. The zero-order chi connectivity index (χ0) is 17.7. The van der Waals surface area contributed by atoms with Crippen molar-refractivity contribution in [1.29, 1.82) is 0 Å². The minimum Gasteiger partial charge on any atom is -0.444 e. The Labute approximate surface area is 156 Å². The number of hydrogen-bond donors (Lipinski definition) is 1. The number of nitrogens with one attached hydrogen (secondary N) is 1. The van der Waals surface area contributed by atoms with Crippen LogP contribution in [0.25, 0.3) is 0 Å². The number of rotatable bonds is 3. The number of benzene rings is 1. The van der Waals surface area contributed by atoms with Gasteiger partial charge in [-0.15, -0.1) is 0 Å². The molecule has 0 saturated carbocycles. The number of halogens is 1. The van der Waals surface area contributed by atoms with Crippen molar-refractivity contribution in [3.63, 3.8) is 0 Å². The monoisotopic (exact) mass is 446 g/mol. The molecule has 1 aliphatic heterocycles. The molecule has 1 aromatic carbocycles. The normalized spacial score (nSPS) is 20.6. The predicted molar refractivity (Wildman–Crippen MR) is 98.9 cm³/mol. The Hall–Kier alpha value is -1.51. The Bertz CT molecular complexity index is 574. The van der Waals surface area contributed by atoms with Crippen LogP contribution in [0.4, 0.5) is 9.59 Å². The zero-order valence-corrected chi connectivity index (χ0v) is 16.3. The van der Waals surface area contributed by atoms with E-state index in [1.807, 2.05) is 30.3 Å². The van der Waals surface area contributed by atoms with Gasteiger partial charge in [0.05, 0.1) is 3.92 Å². The summed E-state index contributed by atoms with van der Waals surface area (Å²) >= 11 is 2.23. The average molecular weight is 446 g/mol. The quantitative estimate of drug-likeness (QED) is 0.568. The molecule has 1 fully saturated rings. The van der Waals surface area contributed by atoms with Crippen molar-refractivity contribution in [2.24, 2.45) is 0 Å². The van der Waals surface area contributed by atoms with Gasteiger partial charge in [0, 0.05) is 6.54 Å². The van der Waals surface area contributed by atoms with E-state index < -0.39 is 24.0 Å². The van der Waals surface area contributed by atoms with Gasteiger partial charge >= 0.3 is 12.2 Å². The summed E-state index contributed by atoms with van der Waals surface area (Å²) in [5, 5.41) is 2.77. The molecule has 2 rings (SSSR count). The van der Waals surface area contributed by atoms with E-state index >= 15 is 0 Å². The summed E-state index contributed by atoms with van der Waals surface area (Å²) in [5.41, 5.74) is 0.343. The number of carbonyl (C=O) groups excluding carboxylic acids is 2. The van der Waals surface area contributed by atoms with Crippen molar-refractivity contribution in [3.05, 3.63) is 35.9 Å². The first-order valence-electron chi connectivity index (χ1n) is 7.87. The van der Waals surface area contributed by atoms with Crippen molar-refractivity contribution >= 4 is 34.8 Å². The standard InChI is InChI=1S/C17H23IN2O4/c1-17(2,3)24-15(21)19-14-13(18)9-10-20(14)16(22)23-11-12-7-5-4-6-8-12/h4-8,13-14H,9-11H2,1-3H3,(H,19,21)/t13-,14-/m1/s1. The van der Waals surface area contributed by atoms with Gasteiger partial charge in [0.1, 0.15) is 18.4 Å². The summed E-state index contributed by atoms with van der Waals surface area (Å²) in [5.74, 6) is 0. The highest BCUT2D eigenvalue weighted by molar-refractivity contribution is 14.1. The molecule has 132 valence electrons. The molecule has 2 atom stereocenters. The SMILES string of the molecule is CC(C)(C)OC(=O)N[C@H]1[C@H](I)CCN1C(=O)OCc1ccccc1. The van der Waals surface area contributed by atoms with Crippen LogP contribution in [0.1, 0.15) is 32.8 Å². The second-order valence-electron chi connectivity index (χ2n) is 6.63. The van der Waals surface area contributed by atoms with Gasteiger partial charge in [0.2, 0.25) is 0 Å². The summed E-state index contributed by atoms with van der Waals surface area (Å²) in [4.78, 5) is 25.9. The Kier molecular flexibility index (Phi) is 6.31. The van der Waals surface area contributed by atoms with Crippen LogP contribution < -0.4 is 5.32 Å². The van der Waals surface area contributed by atoms with E-state index in [9.17, 15) is 9.59 Å². The molecule has 0 unspecified atom stereocenters. The molecule has 1 N–H and O–H groups in total. The van der Waals surface area contributed by atoms with Crippen LogP contribution in [0, 0.1) is 0 Å². The smallest absolute Gasteiger partial charge is 0.411 e. The minimum absolute atomic E-state index is 0.111. The minimum atomic E-state index is -0.581. The van der Waals surface area contributed by atoms with E-state index in [0.717, 1.165) is 12.0 Å². The molecule has 0 aromatic heterocycles. The Morgan fingerprint density at radius 2 is 1.96 bits per heavy atom. The van der Waals surface area contributed by atoms with Crippen LogP contribution in [0.2, 0.25) is 0 Å². The number of likely N-dealkylation sites (tertiary alicyclic amines) is 1. The summed E-state index contributed by atoms with van der Waals surface area (Å²) < 4.78 is 10.7. The van der Waals surface area contributed by atoms with Gasteiger partial charge in [-0.1, -0.05) is 52.9 Å². The number of amides is 2. The average Bonchev–Trinajstić information content (AvgIpc) is 2.85. The third-order valence-corrected chi connectivity index (χ3v) is 4.73. The van der Waals surface area contributed by atoms with Gasteiger partial charge in [0.25, 0.3) is 0 Å². The molecule has 1 aliphatic rings. The molecule has 0 bridgehead atoms. The van der Waals surface area contributed by atoms with E-state index in [1.54, 1.807) is 25.7 Å². The number of carbonyl (C=O) groups is 2. The van der Waals surface area contributed by atoms with Crippen molar-refractivity contribution < 1.29 is 19.1 Å². The maximum absolute atomic E-state index is 12.3. The first kappa shape index (κ1) is 18.8.